The molecular weight excluding hydrogens is 513 g/mol. The number of aromatic nitrogens is 2. The van der Waals surface area contributed by atoms with E-state index >= 15 is 0 Å². The van der Waals surface area contributed by atoms with E-state index in [2.05, 4.69) is 9.88 Å². The molecule has 1 saturated heterocycles. The minimum Gasteiger partial charge on any atom is -0.354 e. The largest absolute Gasteiger partial charge is 0.416 e. The van der Waals surface area contributed by atoms with Gasteiger partial charge in [0, 0.05) is 43.0 Å². The number of alkyl halides is 3. The number of hydrogen-bond donors (Lipinski definition) is 0. The van der Waals surface area contributed by atoms with Crippen molar-refractivity contribution < 1.29 is 21.6 Å². The van der Waals surface area contributed by atoms with Crippen molar-refractivity contribution in [2.45, 2.75) is 58.5 Å². The Kier molecular flexibility index (Phi) is 7.60. The van der Waals surface area contributed by atoms with E-state index in [1.54, 1.807) is 0 Å². The third-order valence-electron chi connectivity index (χ3n) is 6.90. The van der Waals surface area contributed by atoms with Crippen molar-refractivity contribution in [2.24, 2.45) is 0 Å². The lowest BCUT2D eigenvalue weighted by Crippen LogP contribution is -2.49. The number of aryl methyl sites for hydroxylation is 4. The topological polar surface area (TPSA) is 66.4 Å². The van der Waals surface area contributed by atoms with Crippen molar-refractivity contribution in [3.63, 3.8) is 0 Å². The first-order chi connectivity index (χ1) is 17.7. The Morgan fingerprint density at radius 1 is 0.868 bits per heavy atom. The highest BCUT2D eigenvalue weighted by atomic mass is 32.2. The van der Waals surface area contributed by atoms with Crippen LogP contribution < -0.4 is 4.90 Å². The molecule has 4 rings (SSSR count). The summed E-state index contributed by atoms with van der Waals surface area (Å²) in [4.78, 5) is 11.8. The summed E-state index contributed by atoms with van der Waals surface area (Å²) in [6.45, 7) is 13.0. The SMILES string of the molecule is Cc1cc(C)c(S(=O)(=O)N2CCN(c3nc(-c4ccc(C(F)(F)F)cc4)nc(C)c3C(C)C)CC2)c(C)c1. The van der Waals surface area contributed by atoms with E-state index in [-0.39, 0.29) is 5.92 Å². The standard InChI is InChI=1S/C28H33F3N4O2S/c1-17(2)24-21(6)32-26(22-7-9-23(10-8-22)28(29,30)31)33-27(24)34-11-13-35(14-12-34)38(36,37)25-19(4)15-18(3)16-20(25)5/h7-10,15-17H,11-14H2,1-6H3. The summed E-state index contributed by atoms with van der Waals surface area (Å²) in [6.07, 6.45) is -4.42. The summed E-state index contributed by atoms with van der Waals surface area (Å²) < 4.78 is 67.7. The van der Waals surface area contributed by atoms with Gasteiger partial charge in [-0.2, -0.15) is 17.5 Å². The number of piperazine rings is 1. The monoisotopic (exact) mass is 546 g/mol. The molecule has 3 aromatic rings. The van der Waals surface area contributed by atoms with E-state index in [4.69, 9.17) is 4.98 Å². The Hall–Kier alpha value is -2.98. The third kappa shape index (κ3) is 5.42. The summed E-state index contributed by atoms with van der Waals surface area (Å²) >= 11 is 0. The van der Waals surface area contributed by atoms with Crippen LogP contribution in [0.3, 0.4) is 0 Å². The average Bonchev–Trinajstić information content (AvgIpc) is 2.82. The smallest absolute Gasteiger partial charge is 0.354 e. The molecule has 2 aromatic carbocycles. The average molecular weight is 547 g/mol. The van der Waals surface area contributed by atoms with Crippen LogP contribution >= 0.6 is 0 Å². The minimum atomic E-state index is -4.42. The molecule has 204 valence electrons. The molecule has 10 heteroatoms. The highest BCUT2D eigenvalue weighted by Gasteiger charge is 2.33. The van der Waals surface area contributed by atoms with Crippen LogP contribution in [0.25, 0.3) is 11.4 Å². The van der Waals surface area contributed by atoms with Gasteiger partial charge in [-0.1, -0.05) is 43.7 Å². The summed E-state index contributed by atoms with van der Waals surface area (Å²) in [5.41, 5.74) is 3.95. The van der Waals surface area contributed by atoms with Gasteiger partial charge in [-0.3, -0.25) is 0 Å². The number of benzene rings is 2. The Bertz CT molecular complexity index is 1420. The number of halogens is 3. The van der Waals surface area contributed by atoms with Crippen LogP contribution in [-0.2, 0) is 16.2 Å². The second kappa shape index (κ2) is 10.3. The maximum atomic E-state index is 13.6. The maximum absolute atomic E-state index is 13.6. The fraction of sp³-hybridized carbons (Fsp3) is 0.429. The van der Waals surface area contributed by atoms with Gasteiger partial charge in [0.25, 0.3) is 0 Å². The van der Waals surface area contributed by atoms with E-state index in [1.165, 1.54) is 16.4 Å². The molecule has 1 aromatic heterocycles. The molecule has 0 saturated carbocycles. The van der Waals surface area contributed by atoms with Gasteiger partial charge in [0.2, 0.25) is 10.0 Å². The molecule has 0 N–H and O–H groups in total. The van der Waals surface area contributed by atoms with Gasteiger partial charge in [0.15, 0.2) is 5.82 Å². The lowest BCUT2D eigenvalue weighted by Gasteiger charge is -2.36. The summed E-state index contributed by atoms with van der Waals surface area (Å²) in [5, 5.41) is 0. The lowest BCUT2D eigenvalue weighted by atomic mass is 10.0. The van der Waals surface area contributed by atoms with E-state index < -0.39 is 21.8 Å². The molecule has 0 aliphatic carbocycles. The normalized spacial score (nSPS) is 15.4. The first-order valence-corrected chi connectivity index (χ1v) is 14.0. The molecule has 0 amide bonds. The first kappa shape index (κ1) is 28.0. The quantitative estimate of drug-likeness (QED) is 0.391. The Morgan fingerprint density at radius 2 is 1.42 bits per heavy atom. The minimum absolute atomic E-state index is 0.103. The van der Waals surface area contributed by atoms with Gasteiger partial charge in [-0.25, -0.2) is 18.4 Å². The summed E-state index contributed by atoms with van der Waals surface area (Å²) in [5.74, 6) is 1.14. The molecular formula is C28H33F3N4O2S. The maximum Gasteiger partial charge on any atom is 0.416 e. The molecule has 1 fully saturated rings. The molecule has 2 heterocycles. The van der Waals surface area contributed by atoms with Crippen molar-refractivity contribution in [1.29, 1.82) is 0 Å². The first-order valence-electron chi connectivity index (χ1n) is 12.6. The van der Waals surface area contributed by atoms with E-state index in [0.717, 1.165) is 40.1 Å². The molecule has 0 radical (unpaired) electrons. The zero-order valence-electron chi connectivity index (χ0n) is 22.5. The van der Waals surface area contributed by atoms with E-state index in [1.807, 2.05) is 53.7 Å². The van der Waals surface area contributed by atoms with E-state index in [9.17, 15) is 21.6 Å². The molecule has 38 heavy (non-hydrogen) atoms. The van der Waals surface area contributed by atoms with Crippen molar-refractivity contribution in [3.05, 3.63) is 69.9 Å². The highest BCUT2D eigenvalue weighted by Crippen LogP contribution is 2.34. The van der Waals surface area contributed by atoms with Gasteiger partial charge in [0.05, 0.1) is 10.5 Å². The van der Waals surface area contributed by atoms with Crippen molar-refractivity contribution in [1.82, 2.24) is 14.3 Å². The van der Waals surface area contributed by atoms with Gasteiger partial charge in [0.1, 0.15) is 5.82 Å². The zero-order chi connectivity index (χ0) is 28.0. The highest BCUT2D eigenvalue weighted by molar-refractivity contribution is 7.89. The van der Waals surface area contributed by atoms with Crippen molar-refractivity contribution in [2.75, 3.05) is 31.1 Å². The fourth-order valence-electron chi connectivity index (χ4n) is 5.26. The number of sulfonamides is 1. The Balaban J connectivity index is 1.64. The Morgan fingerprint density at radius 3 is 1.92 bits per heavy atom. The van der Waals surface area contributed by atoms with E-state index in [0.29, 0.717) is 48.3 Å². The molecule has 1 aliphatic rings. The molecule has 6 nitrogen and oxygen atoms in total. The number of rotatable bonds is 5. The van der Waals surface area contributed by atoms with Crippen LogP contribution in [0.15, 0.2) is 41.3 Å². The molecule has 0 spiro atoms. The Labute approximate surface area is 222 Å². The lowest BCUT2D eigenvalue weighted by molar-refractivity contribution is -0.137. The van der Waals surface area contributed by atoms with Crippen LogP contribution in [-0.4, -0.2) is 48.9 Å². The molecule has 0 bridgehead atoms. The predicted octanol–water partition coefficient (Wildman–Crippen LogP) is 6.03. The van der Waals surface area contributed by atoms with Gasteiger partial charge in [-0.05, 0) is 56.9 Å². The number of anilines is 1. The second-order valence-electron chi connectivity index (χ2n) is 10.2. The molecule has 0 atom stereocenters. The summed E-state index contributed by atoms with van der Waals surface area (Å²) in [6, 6.07) is 8.60. The second-order valence-corrected chi connectivity index (χ2v) is 12.1. The third-order valence-corrected chi connectivity index (χ3v) is 9.11. The predicted molar refractivity (Wildman–Crippen MR) is 143 cm³/mol. The van der Waals surface area contributed by atoms with Crippen LogP contribution in [0.1, 0.15) is 53.3 Å². The number of nitrogens with zero attached hydrogens (tertiary/aromatic N) is 4. The number of hydrogen-bond acceptors (Lipinski definition) is 5. The van der Waals surface area contributed by atoms with Crippen molar-refractivity contribution in [3.8, 4) is 11.4 Å². The van der Waals surface area contributed by atoms with Crippen LogP contribution in [0.2, 0.25) is 0 Å². The molecule has 1 aliphatic heterocycles. The van der Waals surface area contributed by atoms with Crippen LogP contribution in [0, 0.1) is 27.7 Å². The van der Waals surface area contributed by atoms with Crippen LogP contribution in [0.5, 0.6) is 0 Å². The zero-order valence-corrected chi connectivity index (χ0v) is 23.3. The summed E-state index contributed by atoms with van der Waals surface area (Å²) in [7, 11) is -3.67. The van der Waals surface area contributed by atoms with Crippen molar-refractivity contribution >= 4 is 15.8 Å². The fourth-order valence-corrected chi connectivity index (χ4v) is 7.10. The molecule has 0 unspecified atom stereocenters. The van der Waals surface area contributed by atoms with Gasteiger partial charge < -0.3 is 4.90 Å². The van der Waals surface area contributed by atoms with Gasteiger partial charge >= 0.3 is 6.18 Å². The van der Waals surface area contributed by atoms with Crippen LogP contribution in [0.4, 0.5) is 19.0 Å². The van der Waals surface area contributed by atoms with Gasteiger partial charge in [-0.15, -0.1) is 0 Å².